The molecule has 0 fully saturated rings. The van der Waals surface area contributed by atoms with Gasteiger partial charge in [0, 0.05) is 0 Å². The first-order valence-electron chi connectivity index (χ1n) is 18.3. The molecule has 0 spiro atoms. The predicted octanol–water partition coefficient (Wildman–Crippen LogP) is 11.5. The molecule has 3 heterocycles. The molecule has 52 heavy (non-hydrogen) atoms. The normalized spacial score (nSPS) is 13.4. The Morgan fingerprint density at radius 2 is 1.06 bits per heavy atom. The summed E-state index contributed by atoms with van der Waals surface area (Å²) in [6.45, 7) is 4.66. The van der Waals surface area contributed by atoms with E-state index in [1.54, 1.807) is 0 Å². The Labute approximate surface area is 305 Å². The van der Waals surface area contributed by atoms with Gasteiger partial charge in [-0.25, -0.2) is 0 Å². The molecule has 1 aliphatic rings. The van der Waals surface area contributed by atoms with E-state index in [1.807, 2.05) is 0 Å². The molecule has 0 radical (unpaired) electrons. The Hall–Kier alpha value is -5.84. The Kier molecular flexibility index (Phi) is 6.22. The molecule has 10 aromatic rings. The van der Waals surface area contributed by atoms with Crippen LogP contribution in [-0.2, 0) is 0 Å². The van der Waals surface area contributed by atoms with Crippen molar-refractivity contribution in [3.05, 3.63) is 175 Å². The zero-order valence-electron chi connectivity index (χ0n) is 29.5. The van der Waals surface area contributed by atoms with Crippen LogP contribution in [0.3, 0.4) is 0 Å². The molecule has 0 saturated carbocycles. The Balaban J connectivity index is 1.29. The number of nitrogens with zero attached hydrogens (tertiary/aromatic N) is 2. The number of rotatable bonds is 3. The number of aryl methyl sites for hydroxylation is 2. The SMILES string of the molecule is Cc1ccc2c(c1-c1ccc3ccc4c5ccccc5[n]([Ge]5([CH3])[c]6ccccc6-c6cccc[c]65)c4c3c1C)c1ccccc1n2-c1ccccc1. The van der Waals surface area contributed by atoms with Crippen LogP contribution >= 0.6 is 0 Å². The first-order chi connectivity index (χ1) is 25.6. The molecule has 0 bridgehead atoms. The van der Waals surface area contributed by atoms with Crippen molar-refractivity contribution in [2.24, 2.45) is 0 Å². The molecule has 0 unspecified atom stereocenters. The average molecular weight is 725 g/mol. The Bertz CT molecular complexity index is 3060. The minimum absolute atomic E-state index is 1.18. The summed E-state index contributed by atoms with van der Waals surface area (Å²) < 4.78 is 8.37. The van der Waals surface area contributed by atoms with Gasteiger partial charge in [-0.2, -0.15) is 0 Å². The molecule has 2 aromatic heterocycles. The molecule has 2 nitrogen and oxygen atoms in total. The van der Waals surface area contributed by atoms with Gasteiger partial charge in [0.05, 0.1) is 0 Å². The second-order valence-corrected chi connectivity index (χ2v) is 22.4. The number of benzene rings is 8. The summed E-state index contributed by atoms with van der Waals surface area (Å²) in [5, 5.41) is 7.93. The van der Waals surface area contributed by atoms with Gasteiger partial charge in [-0.1, -0.05) is 6.07 Å². The third-order valence-electron chi connectivity index (χ3n) is 12.0. The number of fused-ring (bicyclic) bond motifs is 11. The number of para-hydroxylation sites is 3. The van der Waals surface area contributed by atoms with Crippen molar-refractivity contribution in [2.75, 3.05) is 0 Å². The number of hydrogen-bond donors (Lipinski definition) is 0. The molecule has 0 N–H and O–H groups in total. The van der Waals surface area contributed by atoms with Crippen LogP contribution in [0.1, 0.15) is 11.1 Å². The van der Waals surface area contributed by atoms with E-state index in [2.05, 4.69) is 191 Å². The second-order valence-electron chi connectivity index (χ2n) is 14.7. The summed E-state index contributed by atoms with van der Waals surface area (Å²) in [5.74, 6) is 2.62. The van der Waals surface area contributed by atoms with Crippen molar-refractivity contribution in [1.82, 2.24) is 8.09 Å². The van der Waals surface area contributed by atoms with Crippen molar-refractivity contribution in [2.45, 2.75) is 19.6 Å². The minimum atomic E-state index is -3.27. The Morgan fingerprint density at radius 3 is 1.81 bits per heavy atom. The predicted molar refractivity (Wildman–Crippen MR) is 224 cm³/mol. The molecule has 0 amide bonds. The molecule has 0 aliphatic carbocycles. The molecule has 246 valence electrons. The van der Waals surface area contributed by atoms with E-state index >= 15 is 0 Å². The summed E-state index contributed by atoms with van der Waals surface area (Å²) in [4.78, 5) is 0. The molecule has 1 aliphatic heterocycles. The molecule has 0 saturated heterocycles. The van der Waals surface area contributed by atoms with E-state index in [-0.39, 0.29) is 0 Å². The molecule has 11 rings (SSSR count). The Morgan fingerprint density at radius 1 is 0.442 bits per heavy atom. The van der Waals surface area contributed by atoms with E-state index in [1.165, 1.54) is 102 Å². The van der Waals surface area contributed by atoms with Crippen LogP contribution in [0.2, 0.25) is 5.76 Å². The van der Waals surface area contributed by atoms with E-state index in [4.69, 9.17) is 0 Å². The molecule has 0 atom stereocenters. The molecular weight excluding hydrogens is 689 g/mol. The van der Waals surface area contributed by atoms with E-state index < -0.39 is 13.5 Å². The van der Waals surface area contributed by atoms with Crippen LogP contribution in [0.15, 0.2) is 164 Å². The third-order valence-corrected chi connectivity index (χ3v) is 21.1. The maximum atomic E-state index is 2.86. The zero-order chi connectivity index (χ0) is 34.7. The van der Waals surface area contributed by atoms with Crippen molar-refractivity contribution in [3.63, 3.8) is 0 Å². The quantitative estimate of drug-likeness (QED) is 0.161. The van der Waals surface area contributed by atoms with Crippen molar-refractivity contribution in [3.8, 4) is 27.9 Å². The summed E-state index contributed by atoms with van der Waals surface area (Å²) in [5.41, 5.74) is 14.4. The van der Waals surface area contributed by atoms with Gasteiger partial charge in [0.2, 0.25) is 0 Å². The number of hydrogen-bond acceptors (Lipinski definition) is 0. The third kappa shape index (κ3) is 3.80. The monoisotopic (exact) mass is 726 g/mol. The van der Waals surface area contributed by atoms with Gasteiger partial charge in [-0.05, 0) is 0 Å². The zero-order valence-corrected chi connectivity index (χ0v) is 31.6. The number of aromatic nitrogens is 2. The van der Waals surface area contributed by atoms with Crippen LogP contribution in [0.25, 0.3) is 82.3 Å². The van der Waals surface area contributed by atoms with Crippen LogP contribution in [0.5, 0.6) is 0 Å². The van der Waals surface area contributed by atoms with Gasteiger partial charge in [-0.3, -0.25) is 0 Å². The fraction of sp³-hybridized carbons (Fsp3) is 0.0612. The fourth-order valence-corrected chi connectivity index (χ4v) is 19.2. The summed E-state index contributed by atoms with van der Waals surface area (Å²) >= 11 is -3.27. The summed E-state index contributed by atoms with van der Waals surface area (Å²) in [7, 11) is 0. The average Bonchev–Trinajstić information content (AvgIpc) is 3.80. The summed E-state index contributed by atoms with van der Waals surface area (Å²) in [6.07, 6.45) is 0. The standard InChI is InChI=1S/C49H36GeN2/c1-31-25-30-45-48(40-20-10-13-23-43(40)51(45)34-15-5-4-6-16-34)46(31)35-28-26-33-27-29-39-38-19-9-14-24-44(38)52(49(39)47(33)32(35)2)50(3)41-21-11-7-17-36(41)37-18-8-12-22-42(37)50/h4-30H,1-3H3. The van der Waals surface area contributed by atoms with E-state index in [0.717, 1.165) is 0 Å². The van der Waals surface area contributed by atoms with Crippen LogP contribution < -0.4 is 8.79 Å². The first-order valence-corrected chi connectivity index (χ1v) is 23.4. The fourth-order valence-electron chi connectivity index (χ4n) is 9.81. The van der Waals surface area contributed by atoms with Gasteiger partial charge in [0.1, 0.15) is 0 Å². The van der Waals surface area contributed by atoms with Crippen LogP contribution in [0, 0.1) is 13.8 Å². The topological polar surface area (TPSA) is 9.86 Å². The van der Waals surface area contributed by atoms with Crippen molar-refractivity contribution < 1.29 is 0 Å². The maximum absolute atomic E-state index is 3.27. The van der Waals surface area contributed by atoms with E-state index in [0.29, 0.717) is 0 Å². The van der Waals surface area contributed by atoms with Crippen LogP contribution in [0.4, 0.5) is 0 Å². The molecule has 3 heteroatoms. The van der Waals surface area contributed by atoms with Crippen molar-refractivity contribution >= 4 is 76.7 Å². The first kappa shape index (κ1) is 29.9. The van der Waals surface area contributed by atoms with Crippen molar-refractivity contribution in [1.29, 1.82) is 0 Å². The molecular formula is C49H36GeN2. The van der Waals surface area contributed by atoms with Crippen LogP contribution in [-0.4, -0.2) is 21.6 Å². The van der Waals surface area contributed by atoms with Gasteiger partial charge >= 0.3 is 301 Å². The van der Waals surface area contributed by atoms with Gasteiger partial charge in [0.25, 0.3) is 0 Å². The van der Waals surface area contributed by atoms with Gasteiger partial charge in [-0.15, -0.1) is 0 Å². The van der Waals surface area contributed by atoms with E-state index in [9.17, 15) is 0 Å². The van der Waals surface area contributed by atoms with Gasteiger partial charge < -0.3 is 0 Å². The van der Waals surface area contributed by atoms with Gasteiger partial charge in [0.15, 0.2) is 0 Å². The second kappa shape index (κ2) is 10.8. The molecule has 8 aromatic carbocycles. The summed E-state index contributed by atoms with van der Waals surface area (Å²) in [6, 6.07) is 61.4.